The lowest BCUT2D eigenvalue weighted by Crippen LogP contribution is -2.01. The van der Waals surface area contributed by atoms with Crippen molar-refractivity contribution in [2.45, 2.75) is 18.3 Å². The molecule has 1 saturated carbocycles. The highest BCUT2D eigenvalue weighted by Crippen LogP contribution is 2.54. The molecule has 0 saturated heterocycles. The first kappa shape index (κ1) is 14.0. The molecule has 1 heterocycles. The van der Waals surface area contributed by atoms with Gasteiger partial charge in [-0.1, -0.05) is 24.3 Å². The SMILES string of the molecule is COC(=O)c1ccc([C@H]2C[C@H]2c2nc3ccccc3n2C)cc1. The molecular formula is C19H18N2O2. The van der Waals surface area contributed by atoms with Gasteiger partial charge in [0.15, 0.2) is 0 Å². The van der Waals surface area contributed by atoms with Crippen molar-refractivity contribution in [3.05, 3.63) is 65.5 Å². The highest BCUT2D eigenvalue weighted by atomic mass is 16.5. The van der Waals surface area contributed by atoms with Crippen LogP contribution in [0.5, 0.6) is 0 Å². The Balaban J connectivity index is 1.59. The second kappa shape index (κ2) is 5.23. The molecule has 0 radical (unpaired) electrons. The van der Waals surface area contributed by atoms with Crippen molar-refractivity contribution in [1.82, 2.24) is 9.55 Å². The molecule has 1 aliphatic carbocycles. The minimum Gasteiger partial charge on any atom is -0.465 e. The summed E-state index contributed by atoms with van der Waals surface area (Å²) in [6.07, 6.45) is 1.11. The quantitative estimate of drug-likeness (QED) is 0.694. The first-order valence-electron chi connectivity index (χ1n) is 7.78. The van der Waals surface area contributed by atoms with Crippen LogP contribution >= 0.6 is 0 Å². The number of nitrogens with zero attached hydrogens (tertiary/aromatic N) is 2. The van der Waals surface area contributed by atoms with Crippen molar-refractivity contribution < 1.29 is 9.53 Å². The van der Waals surface area contributed by atoms with Gasteiger partial charge in [0.05, 0.1) is 23.7 Å². The number of ether oxygens (including phenoxy) is 1. The first-order valence-corrected chi connectivity index (χ1v) is 7.78. The van der Waals surface area contributed by atoms with Crippen LogP contribution in [0.1, 0.15) is 40.0 Å². The minimum atomic E-state index is -0.292. The van der Waals surface area contributed by atoms with E-state index in [-0.39, 0.29) is 5.97 Å². The fraction of sp³-hybridized carbons (Fsp3) is 0.263. The maximum atomic E-state index is 11.5. The Morgan fingerprint density at radius 3 is 2.57 bits per heavy atom. The molecule has 0 spiro atoms. The van der Waals surface area contributed by atoms with Crippen LogP contribution in [0.15, 0.2) is 48.5 Å². The molecule has 0 unspecified atom stereocenters. The lowest BCUT2D eigenvalue weighted by atomic mass is 10.1. The van der Waals surface area contributed by atoms with Gasteiger partial charge in [-0.25, -0.2) is 9.78 Å². The van der Waals surface area contributed by atoms with Gasteiger partial charge < -0.3 is 9.30 Å². The lowest BCUT2D eigenvalue weighted by Gasteiger charge is -2.04. The van der Waals surface area contributed by atoms with E-state index in [9.17, 15) is 4.79 Å². The summed E-state index contributed by atoms with van der Waals surface area (Å²) in [6.45, 7) is 0. The Morgan fingerprint density at radius 2 is 1.87 bits per heavy atom. The molecule has 116 valence electrons. The number of hydrogen-bond donors (Lipinski definition) is 0. The van der Waals surface area contributed by atoms with E-state index in [0.717, 1.165) is 17.8 Å². The number of para-hydroxylation sites is 2. The van der Waals surface area contributed by atoms with E-state index in [1.807, 2.05) is 36.4 Å². The number of carbonyl (C=O) groups excluding carboxylic acids is 1. The largest absolute Gasteiger partial charge is 0.465 e. The van der Waals surface area contributed by atoms with Crippen LogP contribution in [-0.2, 0) is 11.8 Å². The van der Waals surface area contributed by atoms with E-state index < -0.39 is 0 Å². The number of carbonyl (C=O) groups is 1. The van der Waals surface area contributed by atoms with Crippen molar-refractivity contribution in [3.8, 4) is 0 Å². The molecule has 0 N–H and O–H groups in total. The third-order valence-electron chi connectivity index (χ3n) is 4.70. The van der Waals surface area contributed by atoms with Crippen molar-refractivity contribution >= 4 is 17.0 Å². The van der Waals surface area contributed by atoms with E-state index in [2.05, 4.69) is 23.7 Å². The number of aromatic nitrogens is 2. The summed E-state index contributed by atoms with van der Waals surface area (Å²) in [5.41, 5.74) is 4.08. The van der Waals surface area contributed by atoms with Crippen molar-refractivity contribution in [3.63, 3.8) is 0 Å². The molecule has 2 aromatic carbocycles. The number of rotatable bonds is 3. The average molecular weight is 306 g/mol. The third kappa shape index (κ3) is 2.31. The fourth-order valence-corrected chi connectivity index (χ4v) is 3.33. The maximum absolute atomic E-state index is 11.5. The lowest BCUT2D eigenvalue weighted by molar-refractivity contribution is 0.0600. The standard InChI is InChI=1S/C19H18N2O2/c1-21-17-6-4-3-5-16(17)20-18(21)15-11-14(15)12-7-9-13(10-8-12)19(22)23-2/h3-10,14-15H,11H2,1-2H3/t14-,15-/m1/s1. The maximum Gasteiger partial charge on any atom is 0.337 e. The molecule has 1 fully saturated rings. The van der Waals surface area contributed by atoms with Gasteiger partial charge >= 0.3 is 5.97 Å². The van der Waals surface area contributed by atoms with E-state index >= 15 is 0 Å². The van der Waals surface area contributed by atoms with Gasteiger partial charge in [-0.2, -0.15) is 0 Å². The summed E-state index contributed by atoms with van der Waals surface area (Å²) in [5.74, 6) is 1.79. The highest BCUT2D eigenvalue weighted by molar-refractivity contribution is 5.89. The second-order valence-corrected chi connectivity index (χ2v) is 6.08. The molecular weight excluding hydrogens is 288 g/mol. The van der Waals surface area contributed by atoms with Gasteiger partial charge in [-0.05, 0) is 42.2 Å². The summed E-state index contributed by atoms with van der Waals surface area (Å²) in [4.78, 5) is 16.3. The number of esters is 1. The van der Waals surface area contributed by atoms with Crippen LogP contribution in [0.3, 0.4) is 0 Å². The van der Waals surface area contributed by atoms with Crippen LogP contribution in [0, 0.1) is 0 Å². The molecule has 0 bridgehead atoms. The van der Waals surface area contributed by atoms with Crippen molar-refractivity contribution in [2.75, 3.05) is 7.11 Å². The second-order valence-electron chi connectivity index (χ2n) is 6.08. The number of benzene rings is 2. The van der Waals surface area contributed by atoms with E-state index in [1.165, 1.54) is 18.2 Å². The van der Waals surface area contributed by atoms with Gasteiger partial charge in [-0.3, -0.25) is 0 Å². The number of methoxy groups -OCH3 is 1. The highest BCUT2D eigenvalue weighted by Gasteiger charge is 2.42. The molecule has 1 aromatic heterocycles. The Bertz CT molecular complexity index is 880. The van der Waals surface area contributed by atoms with Gasteiger partial charge in [0.1, 0.15) is 5.82 Å². The first-order chi connectivity index (χ1) is 11.2. The molecule has 3 aromatic rings. The molecule has 2 atom stereocenters. The van der Waals surface area contributed by atoms with Gasteiger partial charge in [-0.15, -0.1) is 0 Å². The zero-order chi connectivity index (χ0) is 16.0. The summed E-state index contributed by atoms with van der Waals surface area (Å²) in [7, 11) is 3.49. The van der Waals surface area contributed by atoms with Crippen LogP contribution in [0.2, 0.25) is 0 Å². The number of imidazole rings is 1. The number of aryl methyl sites for hydroxylation is 1. The van der Waals surface area contributed by atoms with Crippen LogP contribution < -0.4 is 0 Å². The summed E-state index contributed by atoms with van der Waals surface area (Å²) < 4.78 is 6.94. The Labute approximate surface area is 134 Å². The molecule has 23 heavy (non-hydrogen) atoms. The molecule has 4 rings (SSSR count). The molecule has 0 amide bonds. The predicted octanol–water partition coefficient (Wildman–Crippen LogP) is 3.63. The zero-order valence-corrected chi connectivity index (χ0v) is 13.2. The smallest absolute Gasteiger partial charge is 0.337 e. The predicted molar refractivity (Wildman–Crippen MR) is 88.6 cm³/mol. The topological polar surface area (TPSA) is 44.1 Å². The monoisotopic (exact) mass is 306 g/mol. The van der Waals surface area contributed by atoms with Crippen LogP contribution in [0.25, 0.3) is 11.0 Å². The van der Waals surface area contributed by atoms with E-state index in [4.69, 9.17) is 9.72 Å². The number of hydrogen-bond acceptors (Lipinski definition) is 3. The summed E-state index contributed by atoms with van der Waals surface area (Å²) in [6, 6.07) is 16.0. The van der Waals surface area contributed by atoms with Crippen LogP contribution in [-0.4, -0.2) is 22.6 Å². The van der Waals surface area contributed by atoms with Crippen LogP contribution in [0.4, 0.5) is 0 Å². The Hall–Kier alpha value is -2.62. The zero-order valence-electron chi connectivity index (χ0n) is 13.2. The summed E-state index contributed by atoms with van der Waals surface area (Å²) in [5, 5.41) is 0. The molecule has 0 aliphatic heterocycles. The average Bonchev–Trinajstić information content (AvgIpc) is 3.32. The third-order valence-corrected chi connectivity index (χ3v) is 4.70. The molecule has 4 heteroatoms. The Morgan fingerprint density at radius 1 is 1.13 bits per heavy atom. The van der Waals surface area contributed by atoms with Gasteiger partial charge in [0, 0.05) is 13.0 Å². The Kier molecular flexibility index (Phi) is 3.18. The summed E-state index contributed by atoms with van der Waals surface area (Å²) >= 11 is 0. The van der Waals surface area contributed by atoms with Crippen molar-refractivity contribution in [1.29, 1.82) is 0 Å². The van der Waals surface area contributed by atoms with Gasteiger partial charge in [0.25, 0.3) is 0 Å². The van der Waals surface area contributed by atoms with E-state index in [0.29, 0.717) is 17.4 Å². The molecule has 4 nitrogen and oxygen atoms in total. The number of fused-ring (bicyclic) bond motifs is 1. The minimum absolute atomic E-state index is 0.292. The fourth-order valence-electron chi connectivity index (χ4n) is 3.33. The molecule has 1 aliphatic rings. The van der Waals surface area contributed by atoms with E-state index in [1.54, 1.807) is 0 Å². The van der Waals surface area contributed by atoms with Crippen molar-refractivity contribution in [2.24, 2.45) is 7.05 Å². The van der Waals surface area contributed by atoms with Gasteiger partial charge in [0.2, 0.25) is 0 Å². The normalized spacial score (nSPS) is 19.7.